The van der Waals surface area contributed by atoms with E-state index >= 15 is 0 Å². The third-order valence-electron chi connectivity index (χ3n) is 4.21. The number of aromatic hydroxyl groups is 1. The zero-order valence-corrected chi connectivity index (χ0v) is 13.8. The number of carbonyl (C=O) groups is 1. The number of nitrogens with zero attached hydrogens (tertiary/aromatic N) is 2. The molecular formula is C17H22N4O3. The Balaban J connectivity index is 1.59. The van der Waals surface area contributed by atoms with Crippen LogP contribution in [0.15, 0.2) is 30.5 Å². The highest BCUT2D eigenvalue weighted by Crippen LogP contribution is 2.24. The topological polar surface area (TPSA) is 88.4 Å². The van der Waals surface area contributed by atoms with Crippen molar-refractivity contribution in [3.8, 4) is 11.5 Å². The van der Waals surface area contributed by atoms with Gasteiger partial charge in [-0.3, -0.25) is 4.79 Å². The molecule has 7 nitrogen and oxygen atoms in total. The first-order valence-corrected chi connectivity index (χ1v) is 7.98. The first kappa shape index (κ1) is 16.2. The fourth-order valence-corrected chi connectivity index (χ4v) is 2.90. The summed E-state index contributed by atoms with van der Waals surface area (Å²) in [6, 6.07) is 6.89. The van der Waals surface area contributed by atoms with Gasteiger partial charge >= 0.3 is 0 Å². The van der Waals surface area contributed by atoms with Crippen molar-refractivity contribution in [2.24, 2.45) is 5.92 Å². The predicted octanol–water partition coefficient (Wildman–Crippen LogP) is 1.39. The highest BCUT2D eigenvalue weighted by Gasteiger charge is 2.25. The maximum atomic E-state index is 12.5. The molecule has 0 aliphatic carbocycles. The number of amides is 1. The van der Waals surface area contributed by atoms with Crippen molar-refractivity contribution in [2.45, 2.75) is 25.9 Å². The second kappa shape index (κ2) is 6.82. The van der Waals surface area contributed by atoms with Crippen molar-refractivity contribution in [1.29, 1.82) is 0 Å². The summed E-state index contributed by atoms with van der Waals surface area (Å²) in [6.45, 7) is 3.08. The summed E-state index contributed by atoms with van der Waals surface area (Å²) in [5.41, 5.74) is 0.748. The summed E-state index contributed by atoms with van der Waals surface area (Å²) in [6.07, 6.45) is 2.25. The monoisotopic (exact) mass is 330 g/mol. The van der Waals surface area contributed by atoms with Crippen LogP contribution in [0.25, 0.3) is 0 Å². The van der Waals surface area contributed by atoms with E-state index in [1.54, 1.807) is 36.2 Å². The molecule has 2 atom stereocenters. The minimum atomic E-state index is -0.168. The maximum Gasteiger partial charge on any atom is 0.226 e. The molecule has 3 rings (SSSR count). The van der Waals surface area contributed by atoms with E-state index in [4.69, 9.17) is 4.74 Å². The van der Waals surface area contributed by atoms with Gasteiger partial charge in [-0.05, 0) is 37.1 Å². The second-order valence-corrected chi connectivity index (χ2v) is 6.08. The van der Waals surface area contributed by atoms with Crippen molar-refractivity contribution < 1.29 is 14.6 Å². The summed E-state index contributed by atoms with van der Waals surface area (Å²) in [5, 5.41) is 20.4. The Morgan fingerprint density at radius 3 is 3.17 bits per heavy atom. The molecule has 1 amide bonds. The maximum absolute atomic E-state index is 12.5. The number of hydrogen-bond donors (Lipinski definition) is 3. The fourth-order valence-electron chi connectivity index (χ4n) is 2.90. The van der Waals surface area contributed by atoms with E-state index in [0.29, 0.717) is 25.3 Å². The lowest BCUT2D eigenvalue weighted by Crippen LogP contribution is -2.44. The standard InChI is InChI=1S/C17H22N4O3/c1-11(7-12-8-14(24-2)3-4-15(12)22)20-17(23)13-9-18-16-5-6-19-21(16)10-13/h3-6,8,11,13,18,22H,7,9-10H2,1-2H3,(H,20,23). The molecule has 0 bridgehead atoms. The van der Waals surface area contributed by atoms with E-state index in [9.17, 15) is 9.90 Å². The summed E-state index contributed by atoms with van der Waals surface area (Å²) < 4.78 is 6.97. The van der Waals surface area contributed by atoms with Gasteiger partial charge in [-0.1, -0.05) is 0 Å². The van der Waals surface area contributed by atoms with Crippen molar-refractivity contribution >= 4 is 11.7 Å². The van der Waals surface area contributed by atoms with Gasteiger partial charge in [0.05, 0.1) is 25.8 Å². The third kappa shape index (κ3) is 3.45. The van der Waals surface area contributed by atoms with Crippen molar-refractivity contribution in [3.05, 3.63) is 36.0 Å². The lowest BCUT2D eigenvalue weighted by Gasteiger charge is -2.25. The van der Waals surface area contributed by atoms with Gasteiger partial charge in [0.25, 0.3) is 0 Å². The van der Waals surface area contributed by atoms with Crippen molar-refractivity contribution in [1.82, 2.24) is 15.1 Å². The van der Waals surface area contributed by atoms with Gasteiger partial charge in [0.1, 0.15) is 17.3 Å². The van der Waals surface area contributed by atoms with Gasteiger partial charge in [-0.25, -0.2) is 4.68 Å². The summed E-state index contributed by atoms with van der Waals surface area (Å²) >= 11 is 0. The Morgan fingerprint density at radius 2 is 2.38 bits per heavy atom. The number of ether oxygens (including phenoxy) is 1. The van der Waals surface area contributed by atoms with Crippen LogP contribution in [0.1, 0.15) is 12.5 Å². The molecule has 1 aliphatic rings. The molecule has 0 fully saturated rings. The smallest absolute Gasteiger partial charge is 0.226 e. The first-order chi connectivity index (χ1) is 11.6. The number of phenolic OH excluding ortho intramolecular Hbond substituents is 1. The predicted molar refractivity (Wildman–Crippen MR) is 90.2 cm³/mol. The van der Waals surface area contributed by atoms with Gasteiger partial charge in [0.2, 0.25) is 5.91 Å². The molecule has 1 aliphatic heterocycles. The molecule has 1 aromatic heterocycles. The van der Waals surface area contributed by atoms with Gasteiger partial charge in [0, 0.05) is 18.7 Å². The molecule has 2 aromatic rings. The highest BCUT2D eigenvalue weighted by atomic mass is 16.5. The lowest BCUT2D eigenvalue weighted by atomic mass is 10.0. The average molecular weight is 330 g/mol. The Labute approximate surface area is 140 Å². The summed E-state index contributed by atoms with van der Waals surface area (Å²) in [7, 11) is 1.58. The average Bonchev–Trinajstić information content (AvgIpc) is 3.04. The van der Waals surface area contributed by atoms with Crippen LogP contribution in [0, 0.1) is 5.92 Å². The molecule has 2 unspecified atom stereocenters. The van der Waals surface area contributed by atoms with Crippen LogP contribution in [0.5, 0.6) is 11.5 Å². The van der Waals surface area contributed by atoms with Crippen molar-refractivity contribution in [3.63, 3.8) is 0 Å². The third-order valence-corrected chi connectivity index (χ3v) is 4.21. The number of benzene rings is 1. The molecule has 128 valence electrons. The molecule has 0 radical (unpaired) electrons. The quantitative estimate of drug-likeness (QED) is 0.771. The van der Waals surface area contributed by atoms with Crippen molar-refractivity contribution in [2.75, 3.05) is 19.0 Å². The summed E-state index contributed by atoms with van der Waals surface area (Å²) in [4.78, 5) is 12.5. The molecule has 0 saturated carbocycles. The van der Waals surface area contributed by atoms with E-state index < -0.39 is 0 Å². The number of phenols is 1. The molecular weight excluding hydrogens is 308 g/mol. The van der Waals surface area contributed by atoms with Gasteiger partial charge in [-0.15, -0.1) is 0 Å². The van der Waals surface area contributed by atoms with Crippen LogP contribution in [-0.2, 0) is 17.8 Å². The van der Waals surface area contributed by atoms with Crippen LogP contribution in [-0.4, -0.2) is 40.5 Å². The molecule has 24 heavy (non-hydrogen) atoms. The number of hydrogen-bond acceptors (Lipinski definition) is 5. The number of methoxy groups -OCH3 is 1. The number of nitrogens with one attached hydrogen (secondary N) is 2. The first-order valence-electron chi connectivity index (χ1n) is 7.98. The molecule has 7 heteroatoms. The summed E-state index contributed by atoms with van der Waals surface area (Å²) in [5.74, 6) is 1.65. The highest BCUT2D eigenvalue weighted by molar-refractivity contribution is 5.80. The molecule has 0 saturated heterocycles. The number of aromatic nitrogens is 2. The van der Waals surface area contributed by atoms with E-state index in [2.05, 4.69) is 15.7 Å². The fraction of sp³-hybridized carbons (Fsp3) is 0.412. The molecule has 1 aromatic carbocycles. The normalized spacial score (nSPS) is 17.5. The Hall–Kier alpha value is -2.70. The number of anilines is 1. The Morgan fingerprint density at radius 1 is 1.54 bits per heavy atom. The zero-order chi connectivity index (χ0) is 17.1. The second-order valence-electron chi connectivity index (χ2n) is 6.08. The largest absolute Gasteiger partial charge is 0.508 e. The number of rotatable bonds is 5. The van der Waals surface area contributed by atoms with Crippen LogP contribution in [0.4, 0.5) is 5.82 Å². The van der Waals surface area contributed by atoms with Gasteiger partial charge in [0.15, 0.2) is 0 Å². The Kier molecular flexibility index (Phi) is 4.59. The number of fused-ring (bicyclic) bond motifs is 1. The van der Waals surface area contributed by atoms with Gasteiger partial charge < -0.3 is 20.5 Å². The molecule has 3 N–H and O–H groups in total. The van der Waals surface area contributed by atoms with Crippen LogP contribution in [0.3, 0.4) is 0 Å². The molecule has 0 spiro atoms. The van der Waals surface area contributed by atoms with Crippen LogP contribution < -0.4 is 15.4 Å². The van der Waals surface area contributed by atoms with E-state index in [-0.39, 0.29) is 23.6 Å². The van der Waals surface area contributed by atoms with Crippen LogP contribution in [0.2, 0.25) is 0 Å². The minimum Gasteiger partial charge on any atom is -0.508 e. The lowest BCUT2D eigenvalue weighted by molar-refractivity contribution is -0.125. The van der Waals surface area contributed by atoms with E-state index in [0.717, 1.165) is 11.4 Å². The SMILES string of the molecule is COc1ccc(O)c(CC(C)NC(=O)C2CNc3ccnn3C2)c1. The van der Waals surface area contributed by atoms with Gasteiger partial charge in [-0.2, -0.15) is 5.10 Å². The Bertz CT molecular complexity index is 728. The molecule has 2 heterocycles. The van der Waals surface area contributed by atoms with Crippen LogP contribution >= 0.6 is 0 Å². The number of carbonyl (C=O) groups excluding carboxylic acids is 1. The van der Waals surface area contributed by atoms with E-state index in [1.165, 1.54) is 0 Å². The minimum absolute atomic E-state index is 0.0152. The zero-order valence-electron chi connectivity index (χ0n) is 13.8. The van der Waals surface area contributed by atoms with E-state index in [1.807, 2.05) is 13.0 Å².